The summed E-state index contributed by atoms with van der Waals surface area (Å²) in [4.78, 5) is 13.4. The zero-order valence-corrected chi connectivity index (χ0v) is 59.0. The molecule has 540 valence electrons. The van der Waals surface area contributed by atoms with Gasteiger partial charge in [0.1, 0.15) is 48.8 Å². The fraction of sp³-hybridized carbons (Fsp3) is 0.810. The first-order valence-corrected chi connectivity index (χ1v) is 38.3. The molecule has 2 heterocycles. The van der Waals surface area contributed by atoms with Crippen molar-refractivity contribution in [3.8, 4) is 0 Å². The van der Waals surface area contributed by atoms with Gasteiger partial charge in [-0.2, -0.15) is 0 Å². The molecule has 93 heavy (non-hydrogen) atoms. The van der Waals surface area contributed by atoms with E-state index in [1.807, 2.05) is 0 Å². The Morgan fingerprint density at radius 1 is 0.398 bits per heavy atom. The number of aliphatic hydroxyl groups is 8. The molecule has 0 aromatic rings. The molecule has 0 spiro atoms. The van der Waals surface area contributed by atoms with Crippen molar-refractivity contribution in [2.75, 3.05) is 19.8 Å². The molecule has 14 nitrogen and oxygen atoms in total. The predicted molar refractivity (Wildman–Crippen MR) is 383 cm³/mol. The van der Waals surface area contributed by atoms with Crippen molar-refractivity contribution in [3.63, 3.8) is 0 Å². The average Bonchev–Trinajstić information content (AvgIpc) is 0.854. The minimum Gasteiger partial charge on any atom is -0.394 e. The quantitative estimate of drug-likeness (QED) is 0.0204. The summed E-state index contributed by atoms with van der Waals surface area (Å²) in [5, 5.41) is 87.8. The minimum absolute atomic E-state index is 0.207. The van der Waals surface area contributed by atoms with Gasteiger partial charge in [-0.25, -0.2) is 0 Å². The molecule has 0 aromatic carbocycles. The number of allylic oxidation sites excluding steroid dienone is 14. The van der Waals surface area contributed by atoms with Crippen LogP contribution in [-0.4, -0.2) is 140 Å². The van der Waals surface area contributed by atoms with E-state index in [0.717, 1.165) is 103 Å². The third-order valence-corrected chi connectivity index (χ3v) is 18.4. The van der Waals surface area contributed by atoms with Crippen LogP contribution in [0.1, 0.15) is 316 Å². The van der Waals surface area contributed by atoms with E-state index in [4.69, 9.17) is 18.9 Å². The summed E-state index contributed by atoms with van der Waals surface area (Å²) in [7, 11) is 0. The van der Waals surface area contributed by atoms with Crippen molar-refractivity contribution in [2.45, 2.75) is 389 Å². The summed E-state index contributed by atoms with van der Waals surface area (Å²) in [6, 6.07) is -0.835. The van der Waals surface area contributed by atoms with Gasteiger partial charge >= 0.3 is 0 Å². The number of unbranched alkanes of at least 4 members (excludes halogenated alkanes) is 36. The second-order valence-electron chi connectivity index (χ2n) is 26.8. The summed E-state index contributed by atoms with van der Waals surface area (Å²) in [5.41, 5.74) is 0. The molecule has 2 fully saturated rings. The molecule has 0 aliphatic carbocycles. The van der Waals surface area contributed by atoms with E-state index in [-0.39, 0.29) is 12.5 Å². The standard InChI is InChI=1S/C79H141NO13/c1-3-5-7-9-11-13-15-17-19-21-23-25-27-29-30-31-32-33-34-35-36-37-38-39-41-43-45-47-49-51-53-55-57-59-61-63-71(84)80-67(66-90-78-76(89)74(87)77(70(65-82)92-78)93-79-75(88)73(86)72(85)69(64-81)91-79)68(83)62-60-58-56-54-52-50-48-46-44-42-40-28-26-24-22-20-18-16-14-12-10-8-6-4-2/h5,7,11,13,17,19,23,25,29-30,32-33,35-36,67-70,72-79,81-83,85-89H,3-4,6,8-10,12,14-16,18,20-22,24,26-28,31,34,37-66H2,1-2H3,(H,80,84)/b7-5-,13-11-,19-17-,25-23-,30-29-,33-32-,36-35-. The summed E-state index contributed by atoms with van der Waals surface area (Å²) in [6.07, 6.45) is 70.3. The van der Waals surface area contributed by atoms with Crippen molar-refractivity contribution in [1.29, 1.82) is 0 Å². The lowest BCUT2D eigenvalue weighted by Gasteiger charge is -2.46. The molecule has 12 unspecified atom stereocenters. The molecule has 2 rings (SSSR count). The highest BCUT2D eigenvalue weighted by atomic mass is 16.7. The Kier molecular flexibility index (Phi) is 58.1. The normalized spacial score (nSPS) is 23.0. The smallest absolute Gasteiger partial charge is 0.220 e. The Balaban J connectivity index is 1.63. The molecule has 12 atom stereocenters. The molecule has 1 amide bonds. The Hall–Kier alpha value is -2.83. The van der Waals surface area contributed by atoms with Crippen LogP contribution in [0.4, 0.5) is 0 Å². The SMILES string of the molecule is CC/C=C\C/C=C\C/C=C\C/C=C\C/C=C\C/C=C\C/C=C\CCCCCCCCCCCCCCCC(=O)NC(COC1OC(CO)C(OC2OC(CO)C(O)C(O)C2O)C(O)C1O)C(O)CCCCCCCCCCCCCCCCCCCCCCCCCC. The highest BCUT2D eigenvalue weighted by molar-refractivity contribution is 5.76. The summed E-state index contributed by atoms with van der Waals surface area (Å²) in [5.74, 6) is -0.207. The second-order valence-corrected chi connectivity index (χ2v) is 26.8. The predicted octanol–water partition coefficient (Wildman–Crippen LogP) is 16.7. The number of rotatable bonds is 63. The van der Waals surface area contributed by atoms with E-state index in [1.54, 1.807) is 0 Å². The van der Waals surface area contributed by atoms with Crippen LogP contribution >= 0.6 is 0 Å². The first-order valence-electron chi connectivity index (χ1n) is 38.3. The van der Waals surface area contributed by atoms with Crippen LogP contribution in [-0.2, 0) is 23.7 Å². The van der Waals surface area contributed by atoms with Crippen molar-refractivity contribution < 1.29 is 64.6 Å². The van der Waals surface area contributed by atoms with Crippen LogP contribution in [0.5, 0.6) is 0 Å². The van der Waals surface area contributed by atoms with Crippen LogP contribution < -0.4 is 5.32 Å². The fourth-order valence-electron chi connectivity index (χ4n) is 12.3. The van der Waals surface area contributed by atoms with Crippen molar-refractivity contribution in [2.24, 2.45) is 0 Å². The lowest BCUT2D eigenvalue weighted by atomic mass is 9.97. The third-order valence-electron chi connectivity index (χ3n) is 18.4. The second kappa shape index (κ2) is 62.7. The van der Waals surface area contributed by atoms with Crippen molar-refractivity contribution in [3.05, 3.63) is 85.1 Å². The molecular formula is C79H141NO13. The molecule has 2 aliphatic heterocycles. The number of carbonyl (C=O) groups is 1. The van der Waals surface area contributed by atoms with Gasteiger partial charge in [0.05, 0.1) is 32.0 Å². The van der Waals surface area contributed by atoms with Crippen LogP contribution in [0.2, 0.25) is 0 Å². The van der Waals surface area contributed by atoms with Gasteiger partial charge in [-0.1, -0.05) is 324 Å². The molecule has 0 saturated carbocycles. The number of hydrogen-bond acceptors (Lipinski definition) is 13. The van der Waals surface area contributed by atoms with Gasteiger partial charge < -0.3 is 65.1 Å². The van der Waals surface area contributed by atoms with Crippen molar-refractivity contribution in [1.82, 2.24) is 5.32 Å². The molecule has 2 aliphatic rings. The highest BCUT2D eigenvalue weighted by Crippen LogP contribution is 2.30. The van der Waals surface area contributed by atoms with Crippen LogP contribution in [0.25, 0.3) is 0 Å². The van der Waals surface area contributed by atoms with Crippen LogP contribution in [0, 0.1) is 0 Å². The lowest BCUT2D eigenvalue weighted by molar-refractivity contribution is -0.359. The Morgan fingerprint density at radius 2 is 0.742 bits per heavy atom. The molecular weight excluding hydrogens is 1170 g/mol. The van der Waals surface area contributed by atoms with Crippen LogP contribution in [0.15, 0.2) is 85.1 Å². The Labute approximate surface area is 567 Å². The zero-order chi connectivity index (χ0) is 67.3. The van der Waals surface area contributed by atoms with Gasteiger partial charge in [-0.15, -0.1) is 0 Å². The number of hydrogen-bond donors (Lipinski definition) is 9. The van der Waals surface area contributed by atoms with Crippen LogP contribution in [0.3, 0.4) is 0 Å². The molecule has 0 aromatic heterocycles. The minimum atomic E-state index is -1.79. The first kappa shape index (κ1) is 86.3. The molecule has 0 radical (unpaired) electrons. The maximum absolute atomic E-state index is 13.4. The topological polar surface area (TPSA) is 228 Å². The van der Waals surface area contributed by atoms with E-state index in [0.29, 0.717) is 12.8 Å². The van der Waals surface area contributed by atoms with Gasteiger partial charge in [-0.05, 0) is 70.6 Å². The van der Waals surface area contributed by atoms with Gasteiger partial charge in [-0.3, -0.25) is 4.79 Å². The monoisotopic (exact) mass is 1310 g/mol. The Morgan fingerprint density at radius 3 is 1.14 bits per heavy atom. The fourth-order valence-corrected chi connectivity index (χ4v) is 12.3. The molecule has 14 heteroatoms. The average molecular weight is 1310 g/mol. The van der Waals surface area contributed by atoms with E-state index < -0.39 is 86.8 Å². The van der Waals surface area contributed by atoms with Gasteiger partial charge in [0.2, 0.25) is 5.91 Å². The number of carbonyl (C=O) groups excluding carboxylic acids is 1. The van der Waals surface area contributed by atoms with Gasteiger partial charge in [0, 0.05) is 6.42 Å². The first-order chi connectivity index (χ1) is 45.6. The largest absolute Gasteiger partial charge is 0.394 e. The highest BCUT2D eigenvalue weighted by Gasteiger charge is 2.51. The number of nitrogens with one attached hydrogen (secondary N) is 1. The molecule has 2 saturated heterocycles. The maximum atomic E-state index is 13.4. The summed E-state index contributed by atoms with van der Waals surface area (Å²) >= 11 is 0. The molecule has 0 bridgehead atoms. The van der Waals surface area contributed by atoms with Gasteiger partial charge in [0.25, 0.3) is 0 Å². The van der Waals surface area contributed by atoms with Crippen molar-refractivity contribution >= 4 is 5.91 Å². The van der Waals surface area contributed by atoms with E-state index in [2.05, 4.69) is 104 Å². The zero-order valence-electron chi connectivity index (χ0n) is 59.0. The van der Waals surface area contributed by atoms with E-state index in [1.165, 1.54) is 186 Å². The van der Waals surface area contributed by atoms with Gasteiger partial charge in [0.15, 0.2) is 12.6 Å². The van der Waals surface area contributed by atoms with E-state index >= 15 is 0 Å². The Bertz CT molecular complexity index is 1890. The number of ether oxygens (including phenoxy) is 4. The van der Waals surface area contributed by atoms with E-state index in [9.17, 15) is 45.6 Å². The number of amides is 1. The lowest BCUT2D eigenvalue weighted by Crippen LogP contribution is -2.65. The maximum Gasteiger partial charge on any atom is 0.220 e. The summed E-state index contributed by atoms with van der Waals surface area (Å²) in [6.45, 7) is 2.79. The third kappa shape index (κ3) is 46.1. The molecule has 9 N–H and O–H groups in total. The number of aliphatic hydroxyl groups excluding tert-OH is 8. The summed E-state index contributed by atoms with van der Waals surface area (Å²) < 4.78 is 23.0.